The topological polar surface area (TPSA) is 74.2 Å². The zero-order valence-electron chi connectivity index (χ0n) is 18.0. The Morgan fingerprint density at radius 3 is 2.81 bits per heavy atom. The highest BCUT2D eigenvalue weighted by Gasteiger charge is 2.32. The Hall–Kier alpha value is -3.07. The quantitative estimate of drug-likeness (QED) is 0.651. The summed E-state index contributed by atoms with van der Waals surface area (Å²) in [6.45, 7) is 3.05. The smallest absolute Gasteiger partial charge is 0.265 e. The van der Waals surface area contributed by atoms with E-state index in [1.807, 2.05) is 36.9 Å². The molecule has 0 aliphatic carbocycles. The summed E-state index contributed by atoms with van der Waals surface area (Å²) in [6, 6.07) is 6.46. The molecule has 1 saturated heterocycles. The van der Waals surface area contributed by atoms with E-state index in [9.17, 15) is 9.18 Å². The number of anilines is 2. The van der Waals surface area contributed by atoms with Crippen molar-refractivity contribution in [2.75, 3.05) is 44.4 Å². The van der Waals surface area contributed by atoms with Crippen molar-refractivity contribution in [1.82, 2.24) is 19.9 Å². The molecule has 1 N–H and O–H groups in total. The lowest BCUT2D eigenvalue weighted by Gasteiger charge is -2.19. The number of nitrogens with one attached hydrogen (secondary N) is 1. The number of carbonyl (C=O) groups excluding carboxylic acids is 1. The number of hydrogen-bond donors (Lipinski definition) is 1. The molecule has 4 rings (SSSR count). The third kappa shape index (κ3) is 4.23. The van der Waals surface area contributed by atoms with Gasteiger partial charge in [0.2, 0.25) is 5.95 Å². The first-order chi connectivity index (χ1) is 14.9. The van der Waals surface area contributed by atoms with Gasteiger partial charge < -0.3 is 15.1 Å². The van der Waals surface area contributed by atoms with E-state index in [0.717, 1.165) is 34.1 Å². The van der Waals surface area contributed by atoms with Crippen molar-refractivity contribution in [3.8, 4) is 11.1 Å². The Bertz CT molecular complexity index is 1120. The van der Waals surface area contributed by atoms with Gasteiger partial charge in [-0.05, 0) is 31.0 Å². The van der Waals surface area contributed by atoms with Gasteiger partial charge in [-0.25, -0.2) is 19.3 Å². The first-order valence-electron chi connectivity index (χ1n) is 10.1. The van der Waals surface area contributed by atoms with E-state index in [1.54, 1.807) is 19.3 Å². The first-order valence-corrected chi connectivity index (χ1v) is 10.9. The summed E-state index contributed by atoms with van der Waals surface area (Å²) in [5.41, 5.74) is 3.12. The zero-order chi connectivity index (χ0) is 22.1. The molecule has 1 unspecified atom stereocenters. The third-order valence-electron chi connectivity index (χ3n) is 5.41. The maximum atomic E-state index is 13.9. The number of rotatable bonds is 5. The Morgan fingerprint density at radius 1 is 1.32 bits per heavy atom. The summed E-state index contributed by atoms with van der Waals surface area (Å²) >= 11 is 1.37. The molecule has 2 aromatic heterocycles. The number of aryl methyl sites for hydroxylation is 1. The number of thiazole rings is 1. The van der Waals surface area contributed by atoms with Crippen LogP contribution in [-0.2, 0) is 0 Å². The average molecular weight is 441 g/mol. The summed E-state index contributed by atoms with van der Waals surface area (Å²) in [5, 5.41) is 3.73. The Kier molecular flexibility index (Phi) is 5.86. The van der Waals surface area contributed by atoms with Crippen LogP contribution in [0.1, 0.15) is 33.4 Å². The molecule has 1 aliphatic rings. The van der Waals surface area contributed by atoms with Gasteiger partial charge in [0.1, 0.15) is 10.7 Å². The predicted molar refractivity (Wildman–Crippen MR) is 121 cm³/mol. The van der Waals surface area contributed by atoms with Crippen LogP contribution in [0.25, 0.3) is 11.1 Å². The molecule has 0 radical (unpaired) electrons. The molecule has 1 aromatic carbocycles. The molecule has 3 aromatic rings. The molecule has 7 nitrogen and oxygen atoms in total. The van der Waals surface area contributed by atoms with E-state index in [-0.39, 0.29) is 17.6 Å². The van der Waals surface area contributed by atoms with Crippen molar-refractivity contribution in [2.24, 2.45) is 0 Å². The molecule has 1 atom stereocenters. The van der Waals surface area contributed by atoms with Crippen molar-refractivity contribution < 1.29 is 9.18 Å². The van der Waals surface area contributed by atoms with E-state index < -0.39 is 0 Å². The van der Waals surface area contributed by atoms with Crippen LogP contribution >= 0.6 is 11.3 Å². The molecule has 3 heterocycles. The Morgan fingerprint density at radius 2 is 2.13 bits per heavy atom. The minimum Gasteiger partial charge on any atom is -0.365 e. The van der Waals surface area contributed by atoms with E-state index in [1.165, 1.54) is 23.5 Å². The molecular formula is C22H25FN6OS. The van der Waals surface area contributed by atoms with E-state index in [4.69, 9.17) is 4.98 Å². The largest absolute Gasteiger partial charge is 0.365 e. The van der Waals surface area contributed by atoms with E-state index in [0.29, 0.717) is 23.9 Å². The Balaban J connectivity index is 1.65. The number of nitrogens with zero attached hydrogens (tertiary/aromatic N) is 5. The van der Waals surface area contributed by atoms with Crippen molar-refractivity contribution in [2.45, 2.75) is 19.3 Å². The summed E-state index contributed by atoms with van der Waals surface area (Å²) < 4.78 is 13.9. The number of likely N-dealkylation sites (tertiary alicyclic amines) is 1. The number of carbonyl (C=O) groups is 1. The highest BCUT2D eigenvalue weighted by Crippen LogP contribution is 2.35. The molecule has 162 valence electrons. The van der Waals surface area contributed by atoms with Gasteiger partial charge in [0, 0.05) is 51.9 Å². The molecule has 0 bridgehead atoms. The number of hydrogen-bond acceptors (Lipinski definition) is 7. The van der Waals surface area contributed by atoms with Gasteiger partial charge in [-0.2, -0.15) is 0 Å². The van der Waals surface area contributed by atoms with E-state index in [2.05, 4.69) is 15.3 Å². The highest BCUT2D eigenvalue weighted by atomic mass is 32.1. The van der Waals surface area contributed by atoms with Gasteiger partial charge in [-0.3, -0.25) is 4.79 Å². The summed E-state index contributed by atoms with van der Waals surface area (Å²) in [4.78, 5) is 31.1. The Labute approximate surface area is 185 Å². The lowest BCUT2D eigenvalue weighted by molar-refractivity contribution is 0.0794. The fourth-order valence-corrected chi connectivity index (χ4v) is 4.69. The molecule has 0 saturated carbocycles. The average Bonchev–Trinajstić information content (AvgIpc) is 3.39. The molecule has 1 aliphatic heterocycles. The van der Waals surface area contributed by atoms with Crippen LogP contribution in [-0.4, -0.2) is 60.0 Å². The van der Waals surface area contributed by atoms with Crippen LogP contribution in [0.3, 0.4) is 0 Å². The van der Waals surface area contributed by atoms with Crippen LogP contribution < -0.4 is 10.2 Å². The maximum Gasteiger partial charge on any atom is 0.265 e. The van der Waals surface area contributed by atoms with Gasteiger partial charge in [0.15, 0.2) is 5.13 Å². The molecule has 9 heteroatoms. The summed E-state index contributed by atoms with van der Waals surface area (Å²) in [5.74, 6) is 0.329. The number of halogens is 1. The van der Waals surface area contributed by atoms with Crippen molar-refractivity contribution >= 4 is 28.3 Å². The molecule has 1 amide bonds. The van der Waals surface area contributed by atoms with Crippen molar-refractivity contribution in [3.63, 3.8) is 0 Å². The first kappa shape index (κ1) is 21.2. The van der Waals surface area contributed by atoms with Crippen molar-refractivity contribution in [3.05, 3.63) is 52.5 Å². The van der Waals surface area contributed by atoms with Crippen LogP contribution in [0.15, 0.2) is 30.5 Å². The standard InChI is InChI=1S/C22H25FN6OS/c1-13-19(31-22(24-2)26-13)20(30)29-9-8-15(12-29)18-17(11-25-21(27-18)28(3)4)14-6-5-7-16(23)10-14/h5-7,10-11,15H,8-9,12H2,1-4H3,(H,24,26). The minimum atomic E-state index is -0.302. The molecule has 0 spiro atoms. The molecular weight excluding hydrogens is 415 g/mol. The second-order valence-electron chi connectivity index (χ2n) is 7.79. The van der Waals surface area contributed by atoms with Gasteiger partial charge in [0.25, 0.3) is 5.91 Å². The van der Waals surface area contributed by atoms with Gasteiger partial charge >= 0.3 is 0 Å². The normalized spacial score (nSPS) is 15.9. The molecule has 1 fully saturated rings. The van der Waals surface area contributed by atoms with Crippen LogP contribution in [0.2, 0.25) is 0 Å². The minimum absolute atomic E-state index is 0.00630. The number of amides is 1. The predicted octanol–water partition coefficient (Wildman–Crippen LogP) is 3.79. The highest BCUT2D eigenvalue weighted by molar-refractivity contribution is 7.17. The second-order valence-corrected chi connectivity index (χ2v) is 8.79. The van der Waals surface area contributed by atoms with Gasteiger partial charge in [-0.15, -0.1) is 0 Å². The third-order valence-corrected chi connectivity index (χ3v) is 6.57. The monoisotopic (exact) mass is 440 g/mol. The second kappa shape index (κ2) is 8.58. The lowest BCUT2D eigenvalue weighted by atomic mass is 9.96. The maximum absolute atomic E-state index is 13.9. The van der Waals surface area contributed by atoms with Crippen LogP contribution in [0.5, 0.6) is 0 Å². The number of aromatic nitrogens is 3. The molecule has 31 heavy (non-hydrogen) atoms. The van der Waals surface area contributed by atoms with Gasteiger partial charge in [0.05, 0.1) is 11.4 Å². The fourth-order valence-electron chi connectivity index (χ4n) is 3.80. The lowest BCUT2D eigenvalue weighted by Crippen LogP contribution is -2.28. The zero-order valence-corrected chi connectivity index (χ0v) is 18.8. The summed E-state index contributed by atoms with van der Waals surface area (Å²) in [7, 11) is 5.57. The summed E-state index contributed by atoms with van der Waals surface area (Å²) in [6.07, 6.45) is 2.54. The SMILES string of the molecule is CNc1nc(C)c(C(=O)N2CCC(c3nc(N(C)C)ncc3-c3cccc(F)c3)C2)s1. The van der Waals surface area contributed by atoms with E-state index >= 15 is 0 Å². The van der Waals surface area contributed by atoms with Gasteiger partial charge in [-0.1, -0.05) is 23.5 Å². The fraction of sp³-hybridized carbons (Fsp3) is 0.364. The number of benzene rings is 1. The van der Waals surface area contributed by atoms with Crippen molar-refractivity contribution in [1.29, 1.82) is 0 Å². The van der Waals surface area contributed by atoms with Crippen LogP contribution in [0.4, 0.5) is 15.5 Å². The van der Waals surface area contributed by atoms with Crippen LogP contribution in [0, 0.1) is 12.7 Å².